The summed E-state index contributed by atoms with van der Waals surface area (Å²) in [6.45, 7) is 2.00. The van der Waals surface area contributed by atoms with Gasteiger partial charge in [-0.25, -0.2) is 0 Å². The fourth-order valence-corrected chi connectivity index (χ4v) is 1.51. The molecule has 0 amide bonds. The van der Waals surface area contributed by atoms with Crippen LogP contribution in [0.5, 0.6) is 0 Å². The number of benzene rings is 1. The van der Waals surface area contributed by atoms with Crippen molar-refractivity contribution in [2.75, 3.05) is 13.7 Å². The Morgan fingerprint density at radius 2 is 1.86 bits per heavy atom. The molecule has 0 atom stereocenters. The van der Waals surface area contributed by atoms with Gasteiger partial charge in [-0.15, -0.1) is 0 Å². The Labute approximate surface area is 87.4 Å². The second-order valence-corrected chi connectivity index (χ2v) is 3.43. The molecule has 0 saturated heterocycles. The molecule has 0 N–H and O–H groups in total. The predicted molar refractivity (Wildman–Crippen MR) is 59.5 cm³/mol. The summed E-state index contributed by atoms with van der Waals surface area (Å²) in [5.74, 6) is 0. The van der Waals surface area contributed by atoms with Gasteiger partial charge in [-0.3, -0.25) is 0 Å². The molecule has 0 aliphatic carbocycles. The summed E-state index contributed by atoms with van der Waals surface area (Å²) in [7, 11) is 2.08. The van der Waals surface area contributed by atoms with E-state index in [2.05, 4.69) is 59.6 Å². The summed E-state index contributed by atoms with van der Waals surface area (Å²) in [5.41, 5.74) is 1.36. The van der Waals surface area contributed by atoms with Crippen LogP contribution in [0.2, 0.25) is 0 Å². The van der Waals surface area contributed by atoms with Gasteiger partial charge in [0.1, 0.15) is 0 Å². The lowest BCUT2D eigenvalue weighted by Crippen LogP contribution is -2.21. The summed E-state index contributed by atoms with van der Waals surface area (Å²) >= 11 is 0. The van der Waals surface area contributed by atoms with Gasteiger partial charge in [-0.05, 0) is 5.56 Å². The first-order valence-electron chi connectivity index (χ1n) is 4.51. The lowest BCUT2D eigenvalue weighted by atomic mass is 10.2. The van der Waals surface area contributed by atoms with E-state index < -0.39 is 0 Å². The molecular weight excluding hydrogens is 171 g/mol. The van der Waals surface area contributed by atoms with Gasteiger partial charge in [-0.1, -0.05) is 30.3 Å². The molecule has 0 spiro atoms. The lowest BCUT2D eigenvalue weighted by molar-refractivity contribution is 0.291. The zero-order valence-corrected chi connectivity index (χ0v) is 8.43. The second kappa shape index (κ2) is 4.75. The third-order valence-electron chi connectivity index (χ3n) is 2.17. The van der Waals surface area contributed by atoms with Crippen molar-refractivity contribution in [1.29, 1.82) is 0 Å². The molecule has 0 aromatic heterocycles. The highest BCUT2D eigenvalue weighted by molar-refractivity contribution is 5.75. The van der Waals surface area contributed by atoms with Crippen LogP contribution in [0, 0.1) is 0 Å². The van der Waals surface area contributed by atoms with Crippen molar-refractivity contribution in [2.24, 2.45) is 0 Å². The van der Waals surface area contributed by atoms with Crippen molar-refractivity contribution >= 4 is 8.41 Å². The molecule has 0 saturated carbocycles. The molecule has 1 aromatic rings. The van der Waals surface area contributed by atoms with Crippen LogP contribution in [0.1, 0.15) is 5.56 Å². The van der Waals surface area contributed by atoms with E-state index in [1.54, 1.807) is 0 Å². The number of nitrogens with zero attached hydrogens (tertiary/aromatic N) is 2. The largest absolute Gasteiger partial charge is 0.362 e. The Bertz CT molecular complexity index is 297. The summed E-state index contributed by atoms with van der Waals surface area (Å²) in [4.78, 5) is 4.46. The van der Waals surface area contributed by atoms with Crippen molar-refractivity contribution in [1.82, 2.24) is 9.80 Å². The molecule has 3 radical (unpaired) electrons. The normalized spacial score (nSPS) is 14.4. The fourth-order valence-electron chi connectivity index (χ4n) is 1.51. The van der Waals surface area contributed by atoms with Gasteiger partial charge < -0.3 is 9.80 Å². The average molecular weight is 185 g/mol. The van der Waals surface area contributed by atoms with E-state index >= 15 is 0 Å². The van der Waals surface area contributed by atoms with Crippen molar-refractivity contribution in [3.63, 3.8) is 0 Å². The van der Waals surface area contributed by atoms with E-state index in [0.29, 0.717) is 0 Å². The number of rotatable bonds is 2. The molecule has 2 nitrogen and oxygen atoms in total. The van der Waals surface area contributed by atoms with E-state index in [4.69, 9.17) is 0 Å². The monoisotopic (exact) mass is 185 g/mol. The van der Waals surface area contributed by atoms with Crippen LogP contribution in [0.15, 0.2) is 42.7 Å². The van der Waals surface area contributed by atoms with Crippen molar-refractivity contribution < 1.29 is 0 Å². The molecule has 1 aliphatic heterocycles. The maximum absolute atomic E-state index is 2.29. The van der Waals surface area contributed by atoms with Crippen molar-refractivity contribution in [2.45, 2.75) is 6.54 Å². The van der Waals surface area contributed by atoms with Crippen LogP contribution in [0.3, 0.4) is 0 Å². The van der Waals surface area contributed by atoms with Gasteiger partial charge in [0, 0.05) is 34.4 Å². The standard InChI is InChI=1S/C11H14N2.B/c1-12-7-8-13(10-12)9-11-5-3-2-4-6-11;/h2-8H,9-10H2,1H3;. The van der Waals surface area contributed by atoms with E-state index in [1.807, 2.05) is 0 Å². The molecule has 1 heterocycles. The topological polar surface area (TPSA) is 6.48 Å². The molecule has 3 heteroatoms. The molecule has 0 unspecified atom stereocenters. The molecule has 0 fully saturated rings. The average Bonchev–Trinajstić information content (AvgIpc) is 2.53. The van der Waals surface area contributed by atoms with Crippen LogP contribution in [-0.2, 0) is 6.54 Å². The summed E-state index contributed by atoms with van der Waals surface area (Å²) in [6.07, 6.45) is 4.23. The maximum atomic E-state index is 2.29. The van der Waals surface area contributed by atoms with Gasteiger partial charge in [0.05, 0.1) is 6.67 Å². The number of hydrogen-bond donors (Lipinski definition) is 0. The van der Waals surface area contributed by atoms with Gasteiger partial charge in [0.2, 0.25) is 0 Å². The molecule has 71 valence electrons. The second-order valence-electron chi connectivity index (χ2n) is 3.43. The summed E-state index contributed by atoms with van der Waals surface area (Å²) in [5, 5.41) is 0. The zero-order valence-electron chi connectivity index (χ0n) is 8.43. The Morgan fingerprint density at radius 1 is 1.14 bits per heavy atom. The first-order valence-corrected chi connectivity index (χ1v) is 4.51. The highest BCUT2D eigenvalue weighted by Crippen LogP contribution is 2.09. The van der Waals surface area contributed by atoms with Gasteiger partial charge in [0.15, 0.2) is 0 Å². The Morgan fingerprint density at radius 3 is 2.43 bits per heavy atom. The van der Waals surface area contributed by atoms with Gasteiger partial charge in [-0.2, -0.15) is 0 Å². The van der Waals surface area contributed by atoms with Crippen LogP contribution in [0.4, 0.5) is 0 Å². The van der Waals surface area contributed by atoms with Crippen LogP contribution < -0.4 is 0 Å². The van der Waals surface area contributed by atoms with Crippen LogP contribution >= 0.6 is 0 Å². The fraction of sp³-hybridized carbons (Fsp3) is 0.273. The molecule has 1 aromatic carbocycles. The van der Waals surface area contributed by atoms with Crippen molar-refractivity contribution in [3.8, 4) is 0 Å². The Kier molecular flexibility index (Phi) is 3.63. The number of hydrogen-bond acceptors (Lipinski definition) is 2. The summed E-state index contributed by atoms with van der Waals surface area (Å²) in [6, 6.07) is 10.5. The summed E-state index contributed by atoms with van der Waals surface area (Å²) < 4.78 is 0. The zero-order chi connectivity index (χ0) is 9.10. The molecular formula is C11H14BN2. The quantitative estimate of drug-likeness (QED) is 0.644. The smallest absolute Gasteiger partial charge is 0.0894 e. The highest BCUT2D eigenvalue weighted by Gasteiger charge is 2.07. The molecule has 14 heavy (non-hydrogen) atoms. The predicted octanol–water partition coefficient (Wildman–Crippen LogP) is 1.48. The van der Waals surface area contributed by atoms with E-state index in [9.17, 15) is 0 Å². The highest BCUT2D eigenvalue weighted by atomic mass is 15.3. The third-order valence-corrected chi connectivity index (χ3v) is 2.17. The SMILES string of the molecule is CN1C=CN(Cc2ccccc2)C1.[B]. The van der Waals surface area contributed by atoms with Crippen LogP contribution in [0.25, 0.3) is 0 Å². The minimum Gasteiger partial charge on any atom is -0.362 e. The molecule has 1 aliphatic rings. The van der Waals surface area contributed by atoms with Crippen molar-refractivity contribution in [3.05, 3.63) is 48.3 Å². The third kappa shape index (κ3) is 2.56. The first-order chi connectivity index (χ1) is 6.34. The van der Waals surface area contributed by atoms with E-state index in [1.165, 1.54) is 5.56 Å². The van der Waals surface area contributed by atoms with E-state index in [0.717, 1.165) is 13.2 Å². The van der Waals surface area contributed by atoms with E-state index in [-0.39, 0.29) is 8.41 Å². The Balaban J connectivity index is 0.000000980. The van der Waals surface area contributed by atoms with Gasteiger partial charge >= 0.3 is 0 Å². The minimum atomic E-state index is 0. The van der Waals surface area contributed by atoms with Gasteiger partial charge in [0.25, 0.3) is 0 Å². The Hall–Kier alpha value is -1.38. The molecule has 2 rings (SSSR count). The maximum Gasteiger partial charge on any atom is 0.0894 e. The lowest BCUT2D eigenvalue weighted by Gasteiger charge is -2.17. The van der Waals surface area contributed by atoms with Crippen LogP contribution in [-0.4, -0.2) is 31.9 Å². The first kappa shape index (κ1) is 10.7. The minimum absolute atomic E-state index is 0. The molecule has 0 bridgehead atoms.